The number of allylic oxidation sites excluding steroid dienone is 1. The molecule has 0 fully saturated rings. The van der Waals surface area contributed by atoms with Gasteiger partial charge in [0.2, 0.25) is 5.91 Å². The van der Waals surface area contributed by atoms with E-state index in [2.05, 4.69) is 5.32 Å². The van der Waals surface area contributed by atoms with Crippen LogP contribution in [0.15, 0.2) is 42.5 Å². The second-order valence-corrected chi connectivity index (χ2v) is 4.55. The third-order valence-corrected chi connectivity index (χ3v) is 2.85. The molecular formula is C16H21NO4. The van der Waals surface area contributed by atoms with Gasteiger partial charge in [-0.3, -0.25) is 4.79 Å². The fraction of sp³-hybridized carbons (Fsp3) is 0.375. The van der Waals surface area contributed by atoms with Gasteiger partial charge in [-0.1, -0.05) is 42.5 Å². The minimum atomic E-state index is -1.05. The Labute approximate surface area is 124 Å². The largest absolute Gasteiger partial charge is 0.480 e. The number of rotatable bonds is 9. The molecule has 0 aliphatic rings. The highest BCUT2D eigenvalue weighted by molar-refractivity contribution is 5.84. The number of hydrogen-bond acceptors (Lipinski definition) is 3. The molecule has 1 aromatic rings. The fourth-order valence-corrected chi connectivity index (χ4v) is 1.73. The van der Waals surface area contributed by atoms with Gasteiger partial charge in [-0.2, -0.15) is 0 Å². The molecule has 1 rings (SSSR count). The molecule has 1 aromatic carbocycles. The summed E-state index contributed by atoms with van der Waals surface area (Å²) < 4.78 is 5.26. The lowest BCUT2D eigenvalue weighted by Crippen LogP contribution is -2.42. The monoisotopic (exact) mass is 291 g/mol. The molecule has 0 spiro atoms. The number of amides is 1. The standard InChI is InChI=1S/C16H21NO4/c1-2-3-9-14(16(19)20)17-15(18)12-21-11-10-13-7-5-4-6-8-13/h2-8,14H,9-12H2,1H3,(H,17,18)(H,19,20)/b3-2+. The van der Waals surface area contributed by atoms with Crippen LogP contribution in [-0.4, -0.2) is 36.2 Å². The summed E-state index contributed by atoms with van der Waals surface area (Å²) in [6.45, 7) is 2.09. The van der Waals surface area contributed by atoms with Crippen molar-refractivity contribution in [2.45, 2.75) is 25.8 Å². The van der Waals surface area contributed by atoms with Crippen molar-refractivity contribution in [3.05, 3.63) is 48.0 Å². The Morgan fingerprint density at radius 3 is 2.67 bits per heavy atom. The molecule has 0 aliphatic carbocycles. The van der Waals surface area contributed by atoms with Crippen molar-refractivity contribution in [1.82, 2.24) is 5.32 Å². The van der Waals surface area contributed by atoms with Crippen LogP contribution in [0.1, 0.15) is 18.9 Å². The van der Waals surface area contributed by atoms with Gasteiger partial charge in [-0.05, 0) is 25.3 Å². The number of aliphatic carboxylic acids is 1. The molecule has 1 unspecified atom stereocenters. The van der Waals surface area contributed by atoms with E-state index in [1.54, 1.807) is 19.1 Å². The summed E-state index contributed by atoms with van der Waals surface area (Å²) in [5, 5.41) is 11.4. The summed E-state index contributed by atoms with van der Waals surface area (Å²) >= 11 is 0. The quantitative estimate of drug-likeness (QED) is 0.537. The van der Waals surface area contributed by atoms with Crippen LogP contribution in [0.2, 0.25) is 0 Å². The van der Waals surface area contributed by atoms with E-state index in [0.29, 0.717) is 6.61 Å². The van der Waals surface area contributed by atoms with Crippen molar-refractivity contribution < 1.29 is 19.4 Å². The third kappa shape index (κ3) is 7.27. The SMILES string of the molecule is C/C=C/CC(NC(=O)COCCc1ccccc1)C(=O)O. The van der Waals surface area contributed by atoms with Crippen LogP contribution < -0.4 is 5.32 Å². The molecule has 0 aliphatic heterocycles. The Morgan fingerprint density at radius 2 is 2.05 bits per heavy atom. The van der Waals surface area contributed by atoms with Crippen LogP contribution in [0.3, 0.4) is 0 Å². The van der Waals surface area contributed by atoms with E-state index in [4.69, 9.17) is 9.84 Å². The minimum Gasteiger partial charge on any atom is -0.480 e. The highest BCUT2D eigenvalue weighted by Crippen LogP contribution is 1.99. The van der Waals surface area contributed by atoms with Crippen molar-refractivity contribution in [1.29, 1.82) is 0 Å². The molecule has 114 valence electrons. The Kier molecular flexibility index (Phi) is 7.82. The highest BCUT2D eigenvalue weighted by atomic mass is 16.5. The Morgan fingerprint density at radius 1 is 1.33 bits per heavy atom. The maximum absolute atomic E-state index is 11.6. The first kappa shape index (κ1) is 16.9. The highest BCUT2D eigenvalue weighted by Gasteiger charge is 2.18. The average molecular weight is 291 g/mol. The summed E-state index contributed by atoms with van der Waals surface area (Å²) in [7, 11) is 0. The van der Waals surface area contributed by atoms with Crippen molar-refractivity contribution in [2.24, 2.45) is 0 Å². The molecule has 0 radical (unpaired) electrons. The number of carbonyl (C=O) groups is 2. The lowest BCUT2D eigenvalue weighted by molar-refractivity contribution is -0.142. The van der Waals surface area contributed by atoms with Gasteiger partial charge in [0.1, 0.15) is 12.6 Å². The number of ether oxygens (including phenoxy) is 1. The van der Waals surface area contributed by atoms with Crippen molar-refractivity contribution in [3.8, 4) is 0 Å². The maximum atomic E-state index is 11.6. The van der Waals surface area contributed by atoms with E-state index in [0.717, 1.165) is 12.0 Å². The molecule has 0 saturated carbocycles. The van der Waals surface area contributed by atoms with Crippen molar-refractivity contribution in [3.63, 3.8) is 0 Å². The van der Waals surface area contributed by atoms with Crippen LogP contribution in [0.25, 0.3) is 0 Å². The predicted octanol–water partition coefficient (Wildman–Crippen LogP) is 1.78. The van der Waals surface area contributed by atoms with Crippen LogP contribution in [0, 0.1) is 0 Å². The van der Waals surface area contributed by atoms with Crippen LogP contribution in [0.5, 0.6) is 0 Å². The molecule has 0 saturated heterocycles. The Bertz CT molecular complexity index is 470. The van der Waals surface area contributed by atoms with E-state index < -0.39 is 17.9 Å². The molecule has 5 nitrogen and oxygen atoms in total. The number of hydrogen-bond donors (Lipinski definition) is 2. The average Bonchev–Trinajstić information content (AvgIpc) is 2.48. The summed E-state index contributed by atoms with van der Waals surface area (Å²) in [4.78, 5) is 22.6. The number of nitrogens with one attached hydrogen (secondary N) is 1. The lowest BCUT2D eigenvalue weighted by Gasteiger charge is -2.12. The fourth-order valence-electron chi connectivity index (χ4n) is 1.73. The lowest BCUT2D eigenvalue weighted by atomic mass is 10.2. The molecule has 21 heavy (non-hydrogen) atoms. The third-order valence-electron chi connectivity index (χ3n) is 2.85. The normalized spacial score (nSPS) is 12.2. The van der Waals surface area contributed by atoms with Gasteiger partial charge >= 0.3 is 5.97 Å². The first-order valence-corrected chi connectivity index (χ1v) is 6.88. The second kappa shape index (κ2) is 9.72. The zero-order valence-corrected chi connectivity index (χ0v) is 12.1. The van der Waals surface area contributed by atoms with Gasteiger partial charge < -0.3 is 15.2 Å². The molecule has 1 atom stereocenters. The molecule has 0 bridgehead atoms. The second-order valence-electron chi connectivity index (χ2n) is 4.55. The van der Waals surface area contributed by atoms with Gasteiger partial charge in [0.15, 0.2) is 0 Å². The van der Waals surface area contributed by atoms with Crippen LogP contribution in [-0.2, 0) is 20.7 Å². The predicted molar refractivity (Wildman–Crippen MR) is 80.0 cm³/mol. The number of benzene rings is 1. The van der Waals surface area contributed by atoms with Crippen molar-refractivity contribution >= 4 is 11.9 Å². The summed E-state index contributed by atoms with van der Waals surface area (Å²) in [6, 6.07) is 8.89. The van der Waals surface area contributed by atoms with E-state index in [-0.39, 0.29) is 13.0 Å². The summed E-state index contributed by atoms with van der Waals surface area (Å²) in [5.41, 5.74) is 1.13. The Balaban J connectivity index is 2.25. The van der Waals surface area contributed by atoms with Gasteiger partial charge in [0, 0.05) is 0 Å². The molecule has 0 heterocycles. The van der Waals surface area contributed by atoms with Crippen LogP contribution in [0.4, 0.5) is 0 Å². The maximum Gasteiger partial charge on any atom is 0.326 e. The molecule has 0 aromatic heterocycles. The number of carboxylic acids is 1. The minimum absolute atomic E-state index is 0.132. The van der Waals surface area contributed by atoms with Gasteiger partial charge in [0.05, 0.1) is 6.61 Å². The van der Waals surface area contributed by atoms with Gasteiger partial charge in [0.25, 0.3) is 0 Å². The first-order valence-electron chi connectivity index (χ1n) is 6.88. The Hall–Kier alpha value is -2.14. The molecule has 5 heteroatoms. The zero-order chi connectivity index (χ0) is 15.5. The zero-order valence-electron chi connectivity index (χ0n) is 12.1. The van der Waals surface area contributed by atoms with E-state index in [1.165, 1.54) is 0 Å². The van der Waals surface area contributed by atoms with E-state index in [1.807, 2.05) is 30.3 Å². The van der Waals surface area contributed by atoms with Crippen molar-refractivity contribution in [2.75, 3.05) is 13.2 Å². The van der Waals surface area contributed by atoms with Gasteiger partial charge in [-0.15, -0.1) is 0 Å². The van der Waals surface area contributed by atoms with Crippen LogP contribution >= 0.6 is 0 Å². The number of carbonyl (C=O) groups excluding carboxylic acids is 1. The summed E-state index contributed by atoms with van der Waals surface area (Å²) in [6.07, 6.45) is 4.43. The first-order chi connectivity index (χ1) is 10.1. The molecular weight excluding hydrogens is 270 g/mol. The molecule has 1 amide bonds. The molecule has 2 N–H and O–H groups in total. The number of carboxylic acid groups (broad SMARTS) is 1. The topological polar surface area (TPSA) is 75.6 Å². The smallest absolute Gasteiger partial charge is 0.326 e. The summed E-state index contributed by atoms with van der Waals surface area (Å²) in [5.74, 6) is -1.47. The van der Waals surface area contributed by atoms with E-state index in [9.17, 15) is 9.59 Å². The van der Waals surface area contributed by atoms with Gasteiger partial charge in [-0.25, -0.2) is 4.79 Å². The van der Waals surface area contributed by atoms with E-state index >= 15 is 0 Å².